The SMILES string of the molecule is O=C1S/C(=C\c2ccccc2)C(=O)N1c1cccc(C(F)(F)F)c1. The first-order valence-corrected chi connectivity index (χ1v) is 7.68. The zero-order valence-electron chi connectivity index (χ0n) is 12.1. The Bertz CT molecular complexity index is 831. The number of thioether (sulfide) groups is 1. The molecule has 2 aromatic carbocycles. The Labute approximate surface area is 139 Å². The number of hydrogen-bond acceptors (Lipinski definition) is 3. The van der Waals surface area contributed by atoms with Crippen molar-refractivity contribution < 1.29 is 22.8 Å². The second-order valence-corrected chi connectivity index (χ2v) is 5.97. The molecular weight excluding hydrogens is 339 g/mol. The number of alkyl halides is 3. The molecule has 1 aliphatic heterocycles. The average Bonchev–Trinajstić information content (AvgIpc) is 2.82. The molecular formula is C17H10F3NO2S. The van der Waals surface area contributed by atoms with E-state index in [1.807, 2.05) is 6.07 Å². The highest BCUT2D eigenvalue weighted by Gasteiger charge is 2.38. The average molecular weight is 349 g/mol. The molecule has 122 valence electrons. The lowest BCUT2D eigenvalue weighted by molar-refractivity contribution is -0.137. The van der Waals surface area contributed by atoms with Gasteiger partial charge in [-0.05, 0) is 41.6 Å². The Morgan fingerprint density at radius 1 is 0.958 bits per heavy atom. The van der Waals surface area contributed by atoms with Crippen molar-refractivity contribution in [3.05, 3.63) is 70.6 Å². The van der Waals surface area contributed by atoms with Gasteiger partial charge in [0, 0.05) is 0 Å². The molecule has 1 heterocycles. The summed E-state index contributed by atoms with van der Waals surface area (Å²) in [6.45, 7) is 0. The van der Waals surface area contributed by atoms with E-state index in [4.69, 9.17) is 0 Å². The minimum atomic E-state index is -4.54. The number of anilines is 1. The van der Waals surface area contributed by atoms with Gasteiger partial charge in [-0.25, -0.2) is 4.90 Å². The van der Waals surface area contributed by atoms with Crippen LogP contribution in [0.1, 0.15) is 11.1 Å². The first-order valence-electron chi connectivity index (χ1n) is 6.86. The van der Waals surface area contributed by atoms with Crippen molar-refractivity contribution in [2.75, 3.05) is 4.90 Å². The Morgan fingerprint density at radius 3 is 2.33 bits per heavy atom. The van der Waals surface area contributed by atoms with Gasteiger partial charge < -0.3 is 0 Å². The summed E-state index contributed by atoms with van der Waals surface area (Å²) in [7, 11) is 0. The third kappa shape index (κ3) is 3.21. The predicted molar refractivity (Wildman–Crippen MR) is 86.3 cm³/mol. The number of carbonyl (C=O) groups is 2. The van der Waals surface area contributed by atoms with Gasteiger partial charge in [0.2, 0.25) is 0 Å². The molecule has 1 fully saturated rings. The number of halogens is 3. The van der Waals surface area contributed by atoms with Crippen LogP contribution in [0.3, 0.4) is 0 Å². The summed E-state index contributed by atoms with van der Waals surface area (Å²) >= 11 is 0.702. The van der Waals surface area contributed by atoms with Crippen molar-refractivity contribution in [2.24, 2.45) is 0 Å². The fraction of sp³-hybridized carbons (Fsp3) is 0.0588. The quantitative estimate of drug-likeness (QED) is 0.720. The van der Waals surface area contributed by atoms with Gasteiger partial charge in [0.05, 0.1) is 16.2 Å². The number of imide groups is 1. The summed E-state index contributed by atoms with van der Waals surface area (Å²) < 4.78 is 38.4. The van der Waals surface area contributed by atoms with Gasteiger partial charge in [0.25, 0.3) is 11.1 Å². The van der Waals surface area contributed by atoms with Gasteiger partial charge in [-0.2, -0.15) is 13.2 Å². The summed E-state index contributed by atoms with van der Waals surface area (Å²) in [4.78, 5) is 25.4. The van der Waals surface area contributed by atoms with E-state index in [0.29, 0.717) is 11.8 Å². The highest BCUT2D eigenvalue weighted by molar-refractivity contribution is 8.19. The minimum Gasteiger partial charge on any atom is -0.268 e. The van der Waals surface area contributed by atoms with Crippen LogP contribution in [-0.4, -0.2) is 11.1 Å². The van der Waals surface area contributed by atoms with Crippen molar-refractivity contribution in [1.82, 2.24) is 0 Å². The largest absolute Gasteiger partial charge is 0.416 e. The fourth-order valence-electron chi connectivity index (χ4n) is 2.21. The zero-order chi connectivity index (χ0) is 17.3. The van der Waals surface area contributed by atoms with Gasteiger partial charge in [0.15, 0.2) is 0 Å². The van der Waals surface area contributed by atoms with Crippen molar-refractivity contribution >= 4 is 34.7 Å². The normalized spacial score (nSPS) is 17.0. The van der Waals surface area contributed by atoms with E-state index < -0.39 is 22.9 Å². The van der Waals surface area contributed by atoms with Crippen LogP contribution in [0.2, 0.25) is 0 Å². The zero-order valence-corrected chi connectivity index (χ0v) is 12.9. The fourth-order valence-corrected chi connectivity index (χ4v) is 3.05. The number of benzene rings is 2. The van der Waals surface area contributed by atoms with Crippen LogP contribution < -0.4 is 4.90 Å². The molecule has 0 bridgehead atoms. The van der Waals surface area contributed by atoms with Crippen LogP contribution in [-0.2, 0) is 11.0 Å². The van der Waals surface area contributed by atoms with E-state index in [0.717, 1.165) is 22.6 Å². The second kappa shape index (κ2) is 6.16. The molecule has 0 unspecified atom stereocenters. The van der Waals surface area contributed by atoms with E-state index in [2.05, 4.69) is 0 Å². The van der Waals surface area contributed by atoms with Gasteiger partial charge in [-0.1, -0.05) is 36.4 Å². The van der Waals surface area contributed by atoms with E-state index >= 15 is 0 Å². The predicted octanol–water partition coefficient (Wildman–Crippen LogP) is 4.95. The van der Waals surface area contributed by atoms with Crippen molar-refractivity contribution in [2.45, 2.75) is 6.18 Å². The number of nitrogens with zero attached hydrogens (tertiary/aromatic N) is 1. The van der Waals surface area contributed by atoms with Gasteiger partial charge in [-0.3, -0.25) is 9.59 Å². The van der Waals surface area contributed by atoms with Crippen LogP contribution >= 0.6 is 11.8 Å². The summed E-state index contributed by atoms with van der Waals surface area (Å²) in [5.74, 6) is -0.631. The smallest absolute Gasteiger partial charge is 0.268 e. The highest BCUT2D eigenvalue weighted by atomic mass is 32.2. The van der Waals surface area contributed by atoms with Crippen molar-refractivity contribution in [3.63, 3.8) is 0 Å². The number of hydrogen-bond donors (Lipinski definition) is 0. The molecule has 0 aliphatic carbocycles. The van der Waals surface area contributed by atoms with Gasteiger partial charge >= 0.3 is 6.18 Å². The second-order valence-electron chi connectivity index (χ2n) is 4.98. The lowest BCUT2D eigenvalue weighted by atomic mass is 10.1. The first-order chi connectivity index (χ1) is 11.4. The standard InChI is InChI=1S/C17H10F3NO2S/c18-17(19,20)12-7-4-8-13(10-12)21-15(22)14(24-16(21)23)9-11-5-2-1-3-6-11/h1-10H/b14-9-. The van der Waals surface area contributed by atoms with E-state index in [9.17, 15) is 22.8 Å². The van der Waals surface area contributed by atoms with Crippen LogP contribution in [0, 0.1) is 0 Å². The molecule has 3 rings (SSSR count). The van der Waals surface area contributed by atoms with Gasteiger partial charge in [-0.15, -0.1) is 0 Å². The summed E-state index contributed by atoms with van der Waals surface area (Å²) in [5.41, 5.74) is -0.276. The Balaban J connectivity index is 1.94. The number of carbonyl (C=O) groups excluding carboxylic acids is 2. The molecule has 0 atom stereocenters. The highest BCUT2D eigenvalue weighted by Crippen LogP contribution is 2.38. The number of amides is 2. The molecule has 3 nitrogen and oxygen atoms in total. The Kier molecular flexibility index (Phi) is 4.19. The number of rotatable bonds is 2. The Morgan fingerprint density at radius 2 is 1.67 bits per heavy atom. The van der Waals surface area contributed by atoms with Crippen LogP contribution in [0.15, 0.2) is 59.5 Å². The van der Waals surface area contributed by atoms with Crippen LogP contribution in [0.5, 0.6) is 0 Å². The molecule has 0 saturated carbocycles. The topological polar surface area (TPSA) is 37.4 Å². The van der Waals surface area contributed by atoms with Crippen molar-refractivity contribution in [1.29, 1.82) is 0 Å². The minimum absolute atomic E-state index is 0.0937. The van der Waals surface area contributed by atoms with E-state index in [-0.39, 0.29) is 10.6 Å². The van der Waals surface area contributed by atoms with Crippen LogP contribution in [0.4, 0.5) is 23.7 Å². The van der Waals surface area contributed by atoms with Crippen molar-refractivity contribution in [3.8, 4) is 0 Å². The lowest BCUT2D eigenvalue weighted by Crippen LogP contribution is -2.28. The first kappa shape index (κ1) is 16.3. The molecule has 0 N–H and O–H groups in total. The molecule has 0 spiro atoms. The molecule has 2 aromatic rings. The Hall–Kier alpha value is -2.54. The third-order valence-electron chi connectivity index (χ3n) is 3.32. The molecule has 7 heteroatoms. The van der Waals surface area contributed by atoms with E-state index in [1.54, 1.807) is 30.3 Å². The monoisotopic (exact) mass is 349 g/mol. The maximum absolute atomic E-state index is 12.8. The third-order valence-corrected chi connectivity index (χ3v) is 4.19. The van der Waals surface area contributed by atoms with Crippen LogP contribution in [0.25, 0.3) is 6.08 Å². The molecule has 2 amide bonds. The summed E-state index contributed by atoms with van der Waals surface area (Å²) in [6.07, 6.45) is -3.00. The molecule has 24 heavy (non-hydrogen) atoms. The molecule has 1 saturated heterocycles. The maximum atomic E-state index is 12.8. The van der Waals surface area contributed by atoms with Gasteiger partial charge in [0.1, 0.15) is 0 Å². The molecule has 1 aliphatic rings. The molecule has 0 aromatic heterocycles. The summed E-state index contributed by atoms with van der Waals surface area (Å²) in [6, 6.07) is 13.1. The summed E-state index contributed by atoms with van der Waals surface area (Å²) in [5, 5.41) is -0.624. The maximum Gasteiger partial charge on any atom is 0.416 e. The lowest BCUT2D eigenvalue weighted by Gasteiger charge is -2.14. The molecule has 0 radical (unpaired) electrons. The van der Waals surface area contributed by atoms with E-state index in [1.165, 1.54) is 12.1 Å².